The second-order valence-electron chi connectivity index (χ2n) is 9.59. The summed E-state index contributed by atoms with van der Waals surface area (Å²) in [5, 5.41) is 0. The molecule has 1 saturated heterocycles. The molecular weight excluding hydrogens is 421 g/mol. The van der Waals surface area contributed by atoms with Crippen molar-refractivity contribution in [1.29, 1.82) is 0 Å². The van der Waals surface area contributed by atoms with Crippen molar-refractivity contribution >= 4 is 15.9 Å². The minimum atomic E-state index is -3.57. The molecular formula is C23H34FNO5S. The predicted octanol–water partition coefficient (Wildman–Crippen LogP) is 4.67. The Balaban J connectivity index is 1.33. The van der Waals surface area contributed by atoms with E-state index in [9.17, 15) is 17.6 Å². The summed E-state index contributed by atoms with van der Waals surface area (Å²) in [4.78, 5) is 13.6. The molecule has 3 rings (SSSR count). The second-order valence-corrected chi connectivity index (χ2v) is 11.6. The lowest BCUT2D eigenvalue weighted by molar-refractivity contribution is -0.0183. The molecule has 0 atom stereocenters. The molecule has 1 aromatic carbocycles. The maximum absolute atomic E-state index is 13.9. The Morgan fingerprint density at radius 1 is 1.26 bits per heavy atom. The zero-order valence-electron chi connectivity index (χ0n) is 18.7. The molecule has 0 N–H and O–H groups in total. The standard InChI is InChI=1S/C23H34FNO5S/c1-17(2)16-30-22(26)25-10-8-23(9-11-25)14-18(15-23)5-4-12-29-19-6-7-21(20(24)13-19)31(3,27)28/h6-7,13,17-18H,4-5,8-12,14-16H2,1-3H3. The smallest absolute Gasteiger partial charge is 0.409 e. The monoisotopic (exact) mass is 455 g/mol. The van der Waals surface area contributed by atoms with Crippen molar-refractivity contribution in [1.82, 2.24) is 4.90 Å². The summed E-state index contributed by atoms with van der Waals surface area (Å²) in [5.41, 5.74) is 0.380. The lowest BCUT2D eigenvalue weighted by atomic mass is 9.56. The van der Waals surface area contributed by atoms with E-state index < -0.39 is 15.7 Å². The van der Waals surface area contributed by atoms with Crippen LogP contribution < -0.4 is 4.74 Å². The highest BCUT2D eigenvalue weighted by molar-refractivity contribution is 7.90. The van der Waals surface area contributed by atoms with Gasteiger partial charge in [0.05, 0.1) is 13.2 Å². The maximum Gasteiger partial charge on any atom is 0.409 e. The SMILES string of the molecule is CC(C)COC(=O)N1CCC2(CC1)CC(CCCOc1ccc(S(C)(=O)=O)c(F)c1)C2. The first-order chi connectivity index (χ1) is 14.6. The minimum Gasteiger partial charge on any atom is -0.493 e. The van der Waals surface area contributed by atoms with Crippen molar-refractivity contribution < 1.29 is 27.1 Å². The number of piperidine rings is 1. The van der Waals surface area contributed by atoms with Crippen molar-refractivity contribution in [3.05, 3.63) is 24.0 Å². The van der Waals surface area contributed by atoms with Gasteiger partial charge in [0.1, 0.15) is 16.5 Å². The van der Waals surface area contributed by atoms with Crippen molar-refractivity contribution in [2.24, 2.45) is 17.3 Å². The number of rotatable bonds is 8. The molecule has 8 heteroatoms. The molecule has 1 saturated carbocycles. The number of nitrogens with zero attached hydrogens (tertiary/aromatic N) is 1. The number of carbonyl (C=O) groups is 1. The number of likely N-dealkylation sites (tertiary alicyclic amines) is 1. The van der Waals surface area contributed by atoms with E-state index >= 15 is 0 Å². The zero-order valence-corrected chi connectivity index (χ0v) is 19.5. The van der Waals surface area contributed by atoms with E-state index in [1.165, 1.54) is 25.0 Å². The summed E-state index contributed by atoms with van der Waals surface area (Å²) >= 11 is 0. The first-order valence-electron chi connectivity index (χ1n) is 11.1. The first kappa shape index (κ1) is 23.8. The highest BCUT2D eigenvalue weighted by Gasteiger charge is 2.45. The summed E-state index contributed by atoms with van der Waals surface area (Å²) in [5.74, 6) is 0.599. The fraction of sp³-hybridized carbons (Fsp3) is 0.696. The van der Waals surface area contributed by atoms with Crippen LogP contribution in [0.25, 0.3) is 0 Å². The highest BCUT2D eigenvalue weighted by Crippen LogP contribution is 2.54. The van der Waals surface area contributed by atoms with Crippen LogP contribution >= 0.6 is 0 Å². The van der Waals surface area contributed by atoms with Crippen LogP contribution in [-0.4, -0.2) is 52.0 Å². The molecule has 1 aliphatic heterocycles. The number of ether oxygens (including phenoxy) is 2. The van der Waals surface area contributed by atoms with Crippen LogP contribution in [0, 0.1) is 23.1 Å². The number of benzene rings is 1. The van der Waals surface area contributed by atoms with E-state index in [0.29, 0.717) is 36.2 Å². The van der Waals surface area contributed by atoms with Crippen LogP contribution in [0.5, 0.6) is 5.75 Å². The van der Waals surface area contributed by atoms with Crippen LogP contribution in [0.4, 0.5) is 9.18 Å². The number of hydrogen-bond acceptors (Lipinski definition) is 5. The van der Waals surface area contributed by atoms with E-state index in [2.05, 4.69) is 0 Å². The van der Waals surface area contributed by atoms with Gasteiger partial charge in [-0.15, -0.1) is 0 Å². The van der Waals surface area contributed by atoms with Crippen LogP contribution in [0.3, 0.4) is 0 Å². The Hall–Kier alpha value is -1.83. The molecule has 2 aliphatic rings. The minimum absolute atomic E-state index is 0.183. The molecule has 1 amide bonds. The molecule has 0 radical (unpaired) electrons. The largest absolute Gasteiger partial charge is 0.493 e. The molecule has 2 fully saturated rings. The van der Waals surface area contributed by atoms with E-state index in [-0.39, 0.29) is 11.0 Å². The Morgan fingerprint density at radius 2 is 1.94 bits per heavy atom. The average molecular weight is 456 g/mol. The Bertz CT molecular complexity index is 870. The summed E-state index contributed by atoms with van der Waals surface area (Å²) in [6.07, 6.45) is 7.22. The molecule has 31 heavy (non-hydrogen) atoms. The van der Waals surface area contributed by atoms with Gasteiger partial charge in [-0.1, -0.05) is 13.8 Å². The normalized spacial score (nSPS) is 18.8. The molecule has 1 aromatic rings. The fourth-order valence-electron chi connectivity index (χ4n) is 4.70. The van der Waals surface area contributed by atoms with Gasteiger partial charge in [0.2, 0.25) is 0 Å². The quantitative estimate of drug-likeness (QED) is 0.533. The second kappa shape index (κ2) is 9.76. The number of carbonyl (C=O) groups excluding carboxylic acids is 1. The Kier molecular flexibility index (Phi) is 7.50. The zero-order chi connectivity index (χ0) is 22.6. The van der Waals surface area contributed by atoms with Crippen molar-refractivity contribution in [2.75, 3.05) is 32.6 Å². The molecule has 1 spiro atoms. The van der Waals surface area contributed by atoms with Gasteiger partial charge in [-0.3, -0.25) is 0 Å². The van der Waals surface area contributed by atoms with E-state index in [4.69, 9.17) is 9.47 Å². The summed E-state index contributed by atoms with van der Waals surface area (Å²) in [6.45, 7) is 6.58. The van der Waals surface area contributed by atoms with Gasteiger partial charge >= 0.3 is 6.09 Å². The number of halogens is 1. The van der Waals surface area contributed by atoms with Crippen LogP contribution in [0.1, 0.15) is 52.4 Å². The summed E-state index contributed by atoms with van der Waals surface area (Å²) in [6, 6.07) is 3.88. The molecule has 0 unspecified atom stereocenters. The van der Waals surface area contributed by atoms with E-state index in [1.54, 1.807) is 0 Å². The average Bonchev–Trinajstić information content (AvgIpc) is 2.67. The molecule has 1 aliphatic carbocycles. The molecule has 1 heterocycles. The lowest BCUT2D eigenvalue weighted by Gasteiger charge is -2.52. The van der Waals surface area contributed by atoms with Crippen LogP contribution in [0.15, 0.2) is 23.1 Å². The third kappa shape index (κ3) is 6.34. The Morgan fingerprint density at radius 3 is 2.52 bits per heavy atom. The number of sulfone groups is 1. The topological polar surface area (TPSA) is 72.9 Å². The molecule has 174 valence electrons. The molecule has 0 bridgehead atoms. The van der Waals surface area contributed by atoms with Gasteiger partial charge < -0.3 is 14.4 Å². The highest BCUT2D eigenvalue weighted by atomic mass is 32.2. The fourth-order valence-corrected chi connectivity index (χ4v) is 5.43. The van der Waals surface area contributed by atoms with Gasteiger partial charge in [-0.25, -0.2) is 17.6 Å². The van der Waals surface area contributed by atoms with Gasteiger partial charge in [0.25, 0.3) is 0 Å². The Labute approximate surface area is 185 Å². The molecule has 6 nitrogen and oxygen atoms in total. The third-order valence-corrected chi connectivity index (χ3v) is 7.52. The molecule has 0 aromatic heterocycles. The van der Waals surface area contributed by atoms with Crippen molar-refractivity contribution in [3.8, 4) is 5.75 Å². The van der Waals surface area contributed by atoms with E-state index in [1.807, 2.05) is 18.7 Å². The summed E-state index contributed by atoms with van der Waals surface area (Å²) < 4.78 is 47.8. The van der Waals surface area contributed by atoms with Crippen LogP contribution in [-0.2, 0) is 14.6 Å². The van der Waals surface area contributed by atoms with Gasteiger partial charge in [0.15, 0.2) is 9.84 Å². The first-order valence-corrected chi connectivity index (χ1v) is 13.0. The number of hydrogen-bond donors (Lipinski definition) is 0. The van der Waals surface area contributed by atoms with Gasteiger partial charge in [0, 0.05) is 25.4 Å². The maximum atomic E-state index is 13.9. The third-order valence-electron chi connectivity index (χ3n) is 6.39. The summed E-state index contributed by atoms with van der Waals surface area (Å²) in [7, 11) is -3.57. The van der Waals surface area contributed by atoms with Gasteiger partial charge in [-0.05, 0) is 67.9 Å². The van der Waals surface area contributed by atoms with Crippen LogP contribution in [0.2, 0.25) is 0 Å². The predicted molar refractivity (Wildman–Crippen MR) is 116 cm³/mol. The van der Waals surface area contributed by atoms with Gasteiger partial charge in [-0.2, -0.15) is 0 Å². The lowest BCUT2D eigenvalue weighted by Crippen LogP contribution is -2.49. The number of amides is 1. The van der Waals surface area contributed by atoms with E-state index in [0.717, 1.165) is 51.1 Å². The van der Waals surface area contributed by atoms with Crippen molar-refractivity contribution in [2.45, 2.75) is 57.3 Å². The van der Waals surface area contributed by atoms with Crippen molar-refractivity contribution in [3.63, 3.8) is 0 Å².